The van der Waals surface area contributed by atoms with Crippen LogP contribution < -0.4 is 15.4 Å². The average Bonchev–Trinajstić information content (AvgIpc) is 2.77. The van der Waals surface area contributed by atoms with Gasteiger partial charge in [0.25, 0.3) is 5.91 Å². The zero-order valence-electron chi connectivity index (χ0n) is 19.9. The van der Waals surface area contributed by atoms with Crippen LogP contribution in [0.4, 0.5) is 10.1 Å². The number of carbonyl (C=O) groups excluding carboxylic acids is 2. The van der Waals surface area contributed by atoms with E-state index in [4.69, 9.17) is 4.74 Å². The van der Waals surface area contributed by atoms with Gasteiger partial charge in [-0.1, -0.05) is 13.8 Å². The summed E-state index contributed by atoms with van der Waals surface area (Å²) in [6, 6.07) is 12.0. The molecule has 0 saturated heterocycles. The van der Waals surface area contributed by atoms with E-state index in [2.05, 4.69) is 29.2 Å². The van der Waals surface area contributed by atoms with Crippen molar-refractivity contribution in [1.29, 1.82) is 0 Å². The molecule has 0 aliphatic heterocycles. The number of nitrogens with one attached hydrogen (secondary N) is 3. The number of ether oxygens (including phenoxy) is 1. The lowest BCUT2D eigenvalue weighted by Gasteiger charge is -2.25. The zero-order chi connectivity index (χ0) is 24.4. The molecule has 1 unspecified atom stereocenters. The van der Waals surface area contributed by atoms with E-state index >= 15 is 0 Å². The maximum absolute atomic E-state index is 13.1. The Morgan fingerprint density at radius 1 is 1.06 bits per heavy atom. The molecular weight excluding hydrogens is 441 g/mol. The van der Waals surface area contributed by atoms with Crippen molar-refractivity contribution >= 4 is 29.4 Å². The minimum atomic E-state index is -0.708. The van der Waals surface area contributed by atoms with Crippen molar-refractivity contribution in [2.24, 2.45) is 5.92 Å². The highest BCUT2D eigenvalue weighted by Crippen LogP contribution is 2.22. The summed E-state index contributed by atoms with van der Waals surface area (Å²) >= 11 is 1.53. The maximum atomic E-state index is 13.1. The molecule has 0 bridgehead atoms. The van der Waals surface area contributed by atoms with Crippen LogP contribution in [-0.4, -0.2) is 37.1 Å². The van der Waals surface area contributed by atoms with E-state index < -0.39 is 17.8 Å². The van der Waals surface area contributed by atoms with Crippen LogP contribution in [0.3, 0.4) is 0 Å². The van der Waals surface area contributed by atoms with Gasteiger partial charge in [-0.05, 0) is 93.1 Å². The largest absolute Gasteiger partial charge is 0.385 e. The Labute approximate surface area is 200 Å². The van der Waals surface area contributed by atoms with E-state index in [0.717, 1.165) is 11.3 Å². The second kappa shape index (κ2) is 12.7. The summed E-state index contributed by atoms with van der Waals surface area (Å²) in [5.74, 6) is -0.929. The Morgan fingerprint density at radius 3 is 2.27 bits per heavy atom. The number of hydrogen-bond acceptors (Lipinski definition) is 5. The summed E-state index contributed by atoms with van der Waals surface area (Å²) in [5.41, 5.74) is 0.869. The van der Waals surface area contributed by atoms with E-state index in [-0.39, 0.29) is 17.4 Å². The molecule has 0 aliphatic carbocycles. The van der Waals surface area contributed by atoms with Crippen molar-refractivity contribution < 1.29 is 18.7 Å². The number of methoxy groups -OCH3 is 1. The molecule has 2 amide bonds. The van der Waals surface area contributed by atoms with Crippen molar-refractivity contribution in [2.75, 3.05) is 19.0 Å². The molecule has 0 aromatic heterocycles. The van der Waals surface area contributed by atoms with Crippen LogP contribution in [0.5, 0.6) is 0 Å². The Kier molecular flexibility index (Phi) is 10.3. The molecule has 8 heteroatoms. The zero-order valence-corrected chi connectivity index (χ0v) is 20.7. The van der Waals surface area contributed by atoms with Crippen LogP contribution in [0.2, 0.25) is 0 Å². The number of rotatable bonds is 12. The van der Waals surface area contributed by atoms with Crippen LogP contribution in [0.25, 0.3) is 0 Å². The molecule has 0 heterocycles. The highest BCUT2D eigenvalue weighted by Gasteiger charge is 2.23. The molecule has 33 heavy (non-hydrogen) atoms. The second-order valence-electron chi connectivity index (χ2n) is 9.01. The van der Waals surface area contributed by atoms with E-state index in [1.807, 2.05) is 38.1 Å². The third-order valence-corrected chi connectivity index (χ3v) is 6.10. The second-order valence-corrected chi connectivity index (χ2v) is 9.89. The van der Waals surface area contributed by atoms with E-state index in [1.54, 1.807) is 7.11 Å². The Balaban J connectivity index is 1.97. The van der Waals surface area contributed by atoms with Crippen LogP contribution in [0.15, 0.2) is 53.4 Å². The Bertz CT molecular complexity index is 902. The number of benzene rings is 2. The smallest absolute Gasteiger partial charge is 0.251 e. The van der Waals surface area contributed by atoms with Crippen molar-refractivity contribution in [3.63, 3.8) is 0 Å². The minimum absolute atomic E-state index is 0.0830. The number of carbonyl (C=O) groups is 2. The fraction of sp³-hybridized carbons (Fsp3) is 0.440. The number of hydrogen-bond donors (Lipinski definition) is 3. The van der Waals surface area contributed by atoms with Crippen molar-refractivity contribution in [1.82, 2.24) is 10.0 Å². The molecule has 2 aromatic rings. The summed E-state index contributed by atoms with van der Waals surface area (Å²) in [4.78, 5) is 26.4. The van der Waals surface area contributed by atoms with Gasteiger partial charge in [-0.3, -0.25) is 14.3 Å². The summed E-state index contributed by atoms with van der Waals surface area (Å²) in [6.07, 6.45) is 1.36. The molecule has 2 rings (SSSR count). The van der Waals surface area contributed by atoms with Crippen LogP contribution >= 0.6 is 11.9 Å². The molecule has 3 N–H and O–H groups in total. The fourth-order valence-electron chi connectivity index (χ4n) is 2.99. The average molecular weight is 476 g/mol. The summed E-state index contributed by atoms with van der Waals surface area (Å²) in [5, 5.41) is 5.65. The first-order valence-corrected chi connectivity index (χ1v) is 11.8. The van der Waals surface area contributed by atoms with Crippen LogP contribution in [-0.2, 0) is 9.53 Å². The van der Waals surface area contributed by atoms with Gasteiger partial charge < -0.3 is 15.4 Å². The summed E-state index contributed by atoms with van der Waals surface area (Å²) in [7, 11) is 1.69. The number of anilines is 1. The van der Waals surface area contributed by atoms with Crippen LogP contribution in [0.1, 0.15) is 50.9 Å². The third-order valence-electron chi connectivity index (χ3n) is 4.93. The molecule has 6 nitrogen and oxygen atoms in total. The lowest BCUT2D eigenvalue weighted by atomic mass is 10.0. The lowest BCUT2D eigenvalue weighted by Crippen LogP contribution is -2.44. The predicted molar refractivity (Wildman–Crippen MR) is 132 cm³/mol. The first kappa shape index (κ1) is 26.8. The third kappa shape index (κ3) is 9.53. The standard InChI is InChI=1S/C25H34FN3O3S/c1-17(2)16-22(28-23(30)18-6-8-19(26)9-7-18)24(31)27-20-10-12-21(13-11-20)33-29-25(3,4)14-15-32-5/h6-13,17,22,29H,14-16H2,1-5H3,(H,27,31)(H,28,30). The van der Waals surface area contributed by atoms with Gasteiger partial charge >= 0.3 is 0 Å². The summed E-state index contributed by atoms with van der Waals surface area (Å²) in [6.45, 7) is 8.88. The molecule has 2 aromatic carbocycles. The number of halogens is 1. The van der Waals surface area contributed by atoms with Crippen molar-refractivity contribution in [2.45, 2.75) is 57.0 Å². The molecule has 1 atom stereocenters. The van der Waals surface area contributed by atoms with Gasteiger partial charge in [0.1, 0.15) is 11.9 Å². The number of amides is 2. The van der Waals surface area contributed by atoms with Gasteiger partial charge in [-0.2, -0.15) is 0 Å². The van der Waals surface area contributed by atoms with Gasteiger partial charge in [0.15, 0.2) is 0 Å². The van der Waals surface area contributed by atoms with E-state index in [9.17, 15) is 14.0 Å². The van der Waals surface area contributed by atoms with Gasteiger partial charge in [0, 0.05) is 35.4 Å². The quantitative estimate of drug-likeness (QED) is 0.376. The van der Waals surface area contributed by atoms with Crippen molar-refractivity contribution in [3.8, 4) is 0 Å². The van der Waals surface area contributed by atoms with Gasteiger partial charge in [-0.25, -0.2) is 4.39 Å². The molecule has 0 spiro atoms. The molecule has 0 radical (unpaired) electrons. The first-order chi connectivity index (χ1) is 15.6. The van der Waals surface area contributed by atoms with Crippen molar-refractivity contribution in [3.05, 3.63) is 59.9 Å². The SMILES string of the molecule is COCCC(C)(C)NSc1ccc(NC(=O)C(CC(C)C)NC(=O)c2ccc(F)cc2)cc1. The topological polar surface area (TPSA) is 79.5 Å². The first-order valence-electron chi connectivity index (χ1n) is 11.0. The maximum Gasteiger partial charge on any atom is 0.251 e. The van der Waals surface area contributed by atoms with Crippen LogP contribution in [0, 0.1) is 11.7 Å². The monoisotopic (exact) mass is 475 g/mol. The fourth-order valence-corrected chi connectivity index (χ4v) is 3.76. The van der Waals surface area contributed by atoms with Gasteiger partial charge in [0.05, 0.1) is 0 Å². The van der Waals surface area contributed by atoms with E-state index in [0.29, 0.717) is 24.3 Å². The molecule has 180 valence electrons. The van der Waals surface area contributed by atoms with Gasteiger partial charge in [-0.15, -0.1) is 0 Å². The highest BCUT2D eigenvalue weighted by atomic mass is 32.2. The normalized spacial score (nSPS) is 12.5. The molecular formula is C25H34FN3O3S. The minimum Gasteiger partial charge on any atom is -0.385 e. The molecule has 0 saturated carbocycles. The van der Waals surface area contributed by atoms with Gasteiger partial charge in [0.2, 0.25) is 5.91 Å². The molecule has 0 aliphatic rings. The Morgan fingerprint density at radius 2 is 1.70 bits per heavy atom. The summed E-state index contributed by atoms with van der Waals surface area (Å²) < 4.78 is 21.7. The lowest BCUT2D eigenvalue weighted by molar-refractivity contribution is -0.118. The van der Waals surface area contributed by atoms with E-state index in [1.165, 1.54) is 36.2 Å². The highest BCUT2D eigenvalue weighted by molar-refractivity contribution is 7.97. The Hall–Kier alpha value is -2.42. The predicted octanol–water partition coefficient (Wildman–Crippen LogP) is 5.02. The molecule has 0 fully saturated rings.